The molecule has 0 spiro atoms. The van der Waals surface area contributed by atoms with Crippen LogP contribution in [0.4, 0.5) is 5.82 Å². The van der Waals surface area contributed by atoms with E-state index in [9.17, 15) is 15.3 Å². The van der Waals surface area contributed by atoms with E-state index in [-0.39, 0.29) is 22.5 Å². The Hall–Kier alpha value is -3.45. The van der Waals surface area contributed by atoms with E-state index in [0.717, 1.165) is 25.7 Å². The molecular formula is C20H22N4O3. The minimum Gasteiger partial charge on any atom is -0.493 e. The number of unbranched alkanes of at least 4 members (excludes halogenated alkanes) is 3. The van der Waals surface area contributed by atoms with Crippen LogP contribution in [0, 0.1) is 22.7 Å². The number of aromatic nitrogens is 1. The van der Waals surface area contributed by atoms with E-state index in [4.69, 9.17) is 15.2 Å². The lowest BCUT2D eigenvalue weighted by molar-refractivity contribution is 0.285. The Balaban J connectivity index is 2.43. The molecule has 3 N–H and O–H groups in total. The fourth-order valence-corrected chi connectivity index (χ4v) is 2.79. The number of nitriles is 2. The van der Waals surface area contributed by atoms with Gasteiger partial charge in [0.15, 0.2) is 11.5 Å². The fraction of sp³-hybridized carbons (Fsp3) is 0.350. The molecule has 27 heavy (non-hydrogen) atoms. The number of hydrogen-bond donors (Lipinski definition) is 2. The Morgan fingerprint density at radius 2 is 1.85 bits per heavy atom. The fourth-order valence-electron chi connectivity index (χ4n) is 2.79. The van der Waals surface area contributed by atoms with Gasteiger partial charge in [0.25, 0.3) is 5.56 Å². The molecule has 140 valence electrons. The summed E-state index contributed by atoms with van der Waals surface area (Å²) in [5.74, 6) is 0.939. The summed E-state index contributed by atoms with van der Waals surface area (Å²) in [5, 5.41) is 18.8. The molecule has 0 saturated carbocycles. The molecule has 0 aliphatic heterocycles. The molecule has 1 aromatic heterocycles. The third-order valence-corrected chi connectivity index (χ3v) is 4.18. The smallest absolute Gasteiger partial charge is 0.268 e. The van der Waals surface area contributed by atoms with Gasteiger partial charge >= 0.3 is 0 Å². The number of aromatic amines is 1. The number of anilines is 1. The van der Waals surface area contributed by atoms with Crippen molar-refractivity contribution in [3.8, 4) is 34.8 Å². The number of pyridine rings is 1. The third-order valence-electron chi connectivity index (χ3n) is 4.18. The molecule has 2 rings (SSSR count). The normalized spacial score (nSPS) is 10.1. The molecule has 0 saturated heterocycles. The number of ether oxygens (including phenoxy) is 2. The van der Waals surface area contributed by atoms with Gasteiger partial charge in [-0.05, 0) is 24.1 Å². The van der Waals surface area contributed by atoms with Crippen molar-refractivity contribution in [2.45, 2.75) is 32.6 Å². The topological polar surface area (TPSA) is 125 Å². The van der Waals surface area contributed by atoms with Gasteiger partial charge in [-0.1, -0.05) is 32.3 Å². The highest BCUT2D eigenvalue weighted by molar-refractivity contribution is 5.81. The van der Waals surface area contributed by atoms with Crippen LogP contribution in [-0.4, -0.2) is 18.7 Å². The minimum atomic E-state index is -0.640. The number of benzene rings is 1. The van der Waals surface area contributed by atoms with E-state index in [1.807, 2.05) is 12.1 Å². The van der Waals surface area contributed by atoms with Crippen LogP contribution in [0.3, 0.4) is 0 Å². The van der Waals surface area contributed by atoms with Crippen LogP contribution in [0.5, 0.6) is 11.5 Å². The molecule has 1 heterocycles. The molecule has 0 atom stereocenters. The van der Waals surface area contributed by atoms with Crippen LogP contribution < -0.4 is 20.8 Å². The average molecular weight is 366 g/mol. The molecule has 7 heteroatoms. The first-order chi connectivity index (χ1) is 13.1. The van der Waals surface area contributed by atoms with Crippen LogP contribution in [0.25, 0.3) is 11.1 Å². The summed E-state index contributed by atoms with van der Waals surface area (Å²) in [7, 11) is 1.51. The van der Waals surface area contributed by atoms with Crippen LogP contribution in [0.2, 0.25) is 0 Å². The maximum atomic E-state index is 12.1. The van der Waals surface area contributed by atoms with Crippen molar-refractivity contribution < 1.29 is 9.47 Å². The lowest BCUT2D eigenvalue weighted by atomic mass is 9.96. The van der Waals surface area contributed by atoms with Crippen molar-refractivity contribution in [2.24, 2.45) is 0 Å². The Labute approximate surface area is 158 Å². The first-order valence-corrected chi connectivity index (χ1v) is 8.74. The van der Waals surface area contributed by atoms with Crippen molar-refractivity contribution in [3.63, 3.8) is 0 Å². The number of rotatable bonds is 8. The number of nitrogens with one attached hydrogen (secondary N) is 1. The van der Waals surface area contributed by atoms with E-state index < -0.39 is 5.56 Å². The first kappa shape index (κ1) is 19.9. The standard InChI is InChI=1S/C20H22N4O3/c1-3-4-5-6-9-27-16-8-7-13(10-17(16)26-2)18-14(11-21)19(23)24-20(25)15(18)12-22/h7-8,10H,3-6,9H2,1-2H3,(H3,23,24,25). The predicted molar refractivity (Wildman–Crippen MR) is 103 cm³/mol. The summed E-state index contributed by atoms with van der Waals surface area (Å²) in [5.41, 5.74) is 5.66. The Morgan fingerprint density at radius 3 is 2.48 bits per heavy atom. The summed E-state index contributed by atoms with van der Waals surface area (Å²) >= 11 is 0. The van der Waals surface area contributed by atoms with Crippen LogP contribution in [0.15, 0.2) is 23.0 Å². The summed E-state index contributed by atoms with van der Waals surface area (Å²) in [6.07, 6.45) is 4.36. The number of H-pyrrole nitrogens is 1. The van der Waals surface area contributed by atoms with Crippen molar-refractivity contribution in [1.82, 2.24) is 4.98 Å². The molecule has 0 fully saturated rings. The summed E-state index contributed by atoms with van der Waals surface area (Å²) < 4.78 is 11.2. The monoisotopic (exact) mass is 366 g/mol. The Morgan fingerprint density at radius 1 is 1.11 bits per heavy atom. The van der Waals surface area contributed by atoms with Crippen LogP contribution >= 0.6 is 0 Å². The number of methoxy groups -OCH3 is 1. The number of nitrogens with two attached hydrogens (primary N) is 1. The molecular weight excluding hydrogens is 344 g/mol. The second kappa shape index (κ2) is 9.30. The minimum absolute atomic E-state index is 0.0430. The van der Waals surface area contributed by atoms with Crippen molar-refractivity contribution in [1.29, 1.82) is 10.5 Å². The van der Waals surface area contributed by atoms with Gasteiger partial charge in [-0.25, -0.2) is 0 Å². The number of hydrogen-bond acceptors (Lipinski definition) is 6. The lowest BCUT2D eigenvalue weighted by Crippen LogP contribution is -2.16. The third kappa shape index (κ3) is 4.39. The van der Waals surface area contributed by atoms with E-state index in [0.29, 0.717) is 23.7 Å². The summed E-state index contributed by atoms with van der Waals surface area (Å²) in [6, 6.07) is 8.82. The molecule has 2 aromatic rings. The molecule has 0 unspecified atom stereocenters. The largest absolute Gasteiger partial charge is 0.493 e. The SMILES string of the molecule is CCCCCCOc1ccc(-c2c(C#N)c(N)[nH]c(=O)c2C#N)cc1OC. The summed E-state index contributed by atoms with van der Waals surface area (Å²) in [4.78, 5) is 14.4. The van der Waals surface area contributed by atoms with Gasteiger partial charge in [0.05, 0.1) is 13.7 Å². The van der Waals surface area contributed by atoms with E-state index >= 15 is 0 Å². The molecule has 0 bridgehead atoms. The second-order valence-electron chi connectivity index (χ2n) is 5.99. The van der Waals surface area contributed by atoms with Gasteiger partial charge in [-0.2, -0.15) is 10.5 Å². The quantitative estimate of drug-likeness (QED) is 0.690. The molecule has 1 aromatic carbocycles. The van der Waals surface area contributed by atoms with E-state index in [2.05, 4.69) is 11.9 Å². The zero-order valence-electron chi connectivity index (χ0n) is 15.5. The molecule has 0 amide bonds. The molecule has 7 nitrogen and oxygen atoms in total. The Bertz CT molecular complexity index is 951. The zero-order valence-corrected chi connectivity index (χ0v) is 15.5. The average Bonchev–Trinajstić information content (AvgIpc) is 2.67. The van der Waals surface area contributed by atoms with Gasteiger partial charge in [-0.3, -0.25) is 4.79 Å². The number of nitrogens with zero attached hydrogens (tertiary/aromatic N) is 2. The van der Waals surface area contributed by atoms with Gasteiger partial charge in [-0.15, -0.1) is 0 Å². The molecule has 0 aliphatic rings. The highest BCUT2D eigenvalue weighted by atomic mass is 16.5. The van der Waals surface area contributed by atoms with Crippen molar-refractivity contribution in [3.05, 3.63) is 39.7 Å². The van der Waals surface area contributed by atoms with Gasteiger partial charge < -0.3 is 20.2 Å². The first-order valence-electron chi connectivity index (χ1n) is 8.74. The van der Waals surface area contributed by atoms with Crippen LogP contribution in [0.1, 0.15) is 43.7 Å². The molecule has 0 radical (unpaired) electrons. The number of nitrogen functional groups attached to an aromatic ring is 1. The molecule has 0 aliphatic carbocycles. The van der Waals surface area contributed by atoms with E-state index in [1.165, 1.54) is 7.11 Å². The zero-order chi connectivity index (χ0) is 19.8. The Kier molecular flexibility index (Phi) is 6.85. The maximum absolute atomic E-state index is 12.1. The van der Waals surface area contributed by atoms with Crippen molar-refractivity contribution in [2.75, 3.05) is 19.5 Å². The highest BCUT2D eigenvalue weighted by Gasteiger charge is 2.19. The van der Waals surface area contributed by atoms with E-state index in [1.54, 1.807) is 18.2 Å². The van der Waals surface area contributed by atoms with Crippen LogP contribution in [-0.2, 0) is 0 Å². The predicted octanol–water partition coefficient (Wildman–Crippen LogP) is 3.34. The highest BCUT2D eigenvalue weighted by Crippen LogP contribution is 2.35. The summed E-state index contributed by atoms with van der Waals surface area (Å²) in [6.45, 7) is 2.72. The van der Waals surface area contributed by atoms with Gasteiger partial charge in [0.2, 0.25) is 0 Å². The van der Waals surface area contributed by atoms with Crippen molar-refractivity contribution >= 4 is 5.82 Å². The van der Waals surface area contributed by atoms with Gasteiger partial charge in [0.1, 0.15) is 29.1 Å². The second-order valence-corrected chi connectivity index (χ2v) is 5.99. The lowest BCUT2D eigenvalue weighted by Gasteiger charge is -2.14. The van der Waals surface area contributed by atoms with Gasteiger partial charge in [0, 0.05) is 5.56 Å². The maximum Gasteiger partial charge on any atom is 0.268 e.